The number of anilines is 2. The number of amides is 2. The minimum atomic E-state index is -0.419. The Kier molecular flexibility index (Phi) is 15.4. The zero-order valence-electron chi connectivity index (χ0n) is 39.1. The van der Waals surface area contributed by atoms with Gasteiger partial charge in [0.1, 0.15) is 17.5 Å². The second-order valence-electron chi connectivity index (χ2n) is 20.7. The van der Waals surface area contributed by atoms with Crippen LogP contribution in [0.4, 0.5) is 21.0 Å². The van der Waals surface area contributed by atoms with Crippen LogP contribution in [0.1, 0.15) is 129 Å². The topological polar surface area (TPSA) is 97.9 Å². The molecule has 0 bridgehead atoms. The monoisotopic (exact) mass is 843 g/mol. The molecule has 2 amide bonds. The Morgan fingerprint density at radius 1 is 0.672 bits per heavy atom. The van der Waals surface area contributed by atoms with E-state index in [4.69, 9.17) is 14.3 Å². The van der Waals surface area contributed by atoms with Gasteiger partial charge in [0.15, 0.2) is 0 Å². The third-order valence-electron chi connectivity index (χ3n) is 13.7. The Bertz CT molecular complexity index is 1790. The minimum absolute atomic E-state index is 0.150. The maximum Gasteiger partial charge on any atom is 0.410 e. The maximum atomic E-state index is 12.4. The van der Waals surface area contributed by atoms with E-state index < -0.39 is 11.2 Å². The first kappa shape index (κ1) is 46.7. The highest BCUT2D eigenvalue weighted by Crippen LogP contribution is 2.43. The number of benzene rings is 2. The molecular formula is C50H78N6O5. The number of likely N-dealkylation sites (tertiary alicyclic amines) is 4. The summed E-state index contributed by atoms with van der Waals surface area (Å²) in [6, 6.07) is 13.7. The average Bonchev–Trinajstić information content (AvgIpc) is 3.80. The lowest BCUT2D eigenvalue weighted by Crippen LogP contribution is -2.46. The molecule has 6 aliphatic heterocycles. The van der Waals surface area contributed by atoms with Crippen molar-refractivity contribution in [2.24, 2.45) is 10.8 Å². The summed E-state index contributed by atoms with van der Waals surface area (Å²) in [5.74, 6) is 0. The number of aryl methyl sites for hydroxylation is 2. The highest BCUT2D eigenvalue weighted by Gasteiger charge is 2.43. The number of piperidine rings is 2. The number of fused-ring (bicyclic) bond motifs is 2. The van der Waals surface area contributed by atoms with Gasteiger partial charge < -0.3 is 34.3 Å². The van der Waals surface area contributed by atoms with Crippen LogP contribution < -0.4 is 10.2 Å². The fraction of sp³-hybridized carbons (Fsp3) is 0.700. The number of aldehydes is 1. The normalized spacial score (nSPS) is 21.0. The molecule has 4 fully saturated rings. The van der Waals surface area contributed by atoms with Gasteiger partial charge in [0, 0.05) is 83.4 Å². The van der Waals surface area contributed by atoms with Gasteiger partial charge in [-0.05, 0) is 166 Å². The van der Waals surface area contributed by atoms with Crippen LogP contribution in [0.5, 0.6) is 0 Å². The molecule has 4 saturated heterocycles. The van der Waals surface area contributed by atoms with Crippen molar-refractivity contribution in [3.8, 4) is 0 Å². The number of nitrogens with one attached hydrogen (secondary N) is 1. The molecule has 0 radical (unpaired) electrons. The molecule has 11 heteroatoms. The third kappa shape index (κ3) is 12.4. The summed E-state index contributed by atoms with van der Waals surface area (Å²) in [5, 5.41) is 3.63. The molecule has 0 saturated carbocycles. The predicted molar refractivity (Wildman–Crippen MR) is 246 cm³/mol. The number of carbonyl (C=O) groups is 3. The van der Waals surface area contributed by atoms with Gasteiger partial charge in [-0.25, -0.2) is 9.59 Å². The number of hydrogen-bond donors (Lipinski definition) is 1. The summed E-state index contributed by atoms with van der Waals surface area (Å²) in [6.45, 7) is 28.7. The smallest absolute Gasteiger partial charge is 0.410 e. The predicted octanol–water partition coefficient (Wildman–Crippen LogP) is 9.16. The number of carbonyl (C=O) groups excluding carboxylic acids is 3. The molecule has 6 heterocycles. The van der Waals surface area contributed by atoms with Crippen molar-refractivity contribution in [2.75, 3.05) is 82.2 Å². The van der Waals surface area contributed by atoms with Crippen LogP contribution >= 0.6 is 0 Å². The lowest BCUT2D eigenvalue weighted by molar-refractivity contribution is -0.106. The van der Waals surface area contributed by atoms with Crippen LogP contribution in [0.15, 0.2) is 36.4 Å². The number of para-hydroxylation sites is 2. The molecular weight excluding hydrogens is 765 g/mol. The van der Waals surface area contributed by atoms with Crippen molar-refractivity contribution >= 4 is 29.8 Å². The molecule has 2 aromatic rings. The maximum absolute atomic E-state index is 12.4. The van der Waals surface area contributed by atoms with E-state index in [0.29, 0.717) is 10.8 Å². The van der Waals surface area contributed by atoms with Crippen molar-refractivity contribution in [3.05, 3.63) is 58.7 Å². The molecule has 6 aliphatic rings. The molecule has 2 spiro atoms. The van der Waals surface area contributed by atoms with Crippen molar-refractivity contribution in [1.29, 1.82) is 0 Å². The molecule has 2 aromatic carbocycles. The second kappa shape index (κ2) is 20.1. The van der Waals surface area contributed by atoms with E-state index in [2.05, 4.69) is 63.3 Å². The lowest BCUT2D eigenvalue weighted by Gasteiger charge is -2.40. The van der Waals surface area contributed by atoms with Crippen LogP contribution in [0.2, 0.25) is 0 Å². The molecule has 0 aliphatic carbocycles. The highest BCUT2D eigenvalue weighted by atomic mass is 16.6. The summed E-state index contributed by atoms with van der Waals surface area (Å²) in [4.78, 5) is 45.2. The number of ether oxygens (including phenoxy) is 2. The number of hydrogen-bond acceptors (Lipinski definition) is 9. The first-order chi connectivity index (χ1) is 29.0. The largest absolute Gasteiger partial charge is 0.444 e. The molecule has 1 N–H and O–H groups in total. The number of rotatable bonds is 5. The Hall–Kier alpha value is -3.83. The number of nitrogens with zero attached hydrogens (tertiary/aromatic N) is 5. The van der Waals surface area contributed by atoms with Crippen molar-refractivity contribution < 1.29 is 23.9 Å². The summed E-state index contributed by atoms with van der Waals surface area (Å²) in [6.07, 6.45) is 12.2. The van der Waals surface area contributed by atoms with Crippen LogP contribution in [0, 0.1) is 10.8 Å². The molecule has 0 atom stereocenters. The molecule has 61 heavy (non-hydrogen) atoms. The summed E-state index contributed by atoms with van der Waals surface area (Å²) < 4.78 is 11.1. The van der Waals surface area contributed by atoms with Gasteiger partial charge in [-0.3, -0.25) is 9.80 Å². The summed E-state index contributed by atoms with van der Waals surface area (Å²) in [5.41, 5.74) is 8.75. The summed E-state index contributed by atoms with van der Waals surface area (Å²) >= 11 is 0. The lowest BCUT2D eigenvalue weighted by atomic mass is 9.78. The van der Waals surface area contributed by atoms with E-state index in [0.717, 1.165) is 104 Å². The molecule has 0 unspecified atom stereocenters. The van der Waals surface area contributed by atoms with Gasteiger partial charge in [-0.1, -0.05) is 36.4 Å². The van der Waals surface area contributed by atoms with Crippen molar-refractivity contribution in [2.45, 2.75) is 144 Å². The van der Waals surface area contributed by atoms with Gasteiger partial charge in [0.05, 0.1) is 0 Å². The summed E-state index contributed by atoms with van der Waals surface area (Å²) in [7, 11) is 0. The molecule has 338 valence electrons. The fourth-order valence-corrected chi connectivity index (χ4v) is 10.6. The molecule has 11 nitrogen and oxygen atoms in total. The zero-order valence-corrected chi connectivity index (χ0v) is 39.1. The van der Waals surface area contributed by atoms with E-state index >= 15 is 0 Å². The van der Waals surface area contributed by atoms with Gasteiger partial charge in [0.25, 0.3) is 0 Å². The Morgan fingerprint density at radius 2 is 1.13 bits per heavy atom. The van der Waals surface area contributed by atoms with E-state index in [-0.39, 0.29) is 12.2 Å². The van der Waals surface area contributed by atoms with Crippen LogP contribution in [-0.4, -0.2) is 121 Å². The van der Waals surface area contributed by atoms with Crippen LogP contribution in [-0.2, 0) is 40.2 Å². The Morgan fingerprint density at radius 3 is 1.64 bits per heavy atom. The fourth-order valence-electron chi connectivity index (χ4n) is 10.6. The van der Waals surface area contributed by atoms with Gasteiger partial charge in [0.2, 0.25) is 0 Å². The first-order valence-electron chi connectivity index (χ1n) is 23.5. The second-order valence-corrected chi connectivity index (χ2v) is 20.7. The Labute approximate surface area is 367 Å². The zero-order chi connectivity index (χ0) is 43.8. The van der Waals surface area contributed by atoms with E-state index in [9.17, 15) is 9.59 Å². The third-order valence-corrected chi connectivity index (χ3v) is 13.7. The molecule has 0 aromatic heterocycles. The average molecular weight is 843 g/mol. The van der Waals surface area contributed by atoms with Crippen molar-refractivity contribution in [3.63, 3.8) is 0 Å². The quantitative estimate of drug-likeness (QED) is 0.296. The molecule has 8 rings (SSSR count). The van der Waals surface area contributed by atoms with E-state index in [1.807, 2.05) is 51.3 Å². The van der Waals surface area contributed by atoms with Crippen LogP contribution in [0.25, 0.3) is 0 Å². The SMILES string of the molecule is CC(C)(C)OC(=O)N1CCC2(CCN(Cc3cccc4c3NCCC4)C2)CC1.CC=O.CCN1CCCc2cccc(CN3CCC4(CCN(C(=O)OC(C)(C)C)CC4)C3)c21. The standard InChI is InChI=1S/C25H39N3O2.C23H35N3O2.C2H4O/c1-5-27-14-7-10-20-8-6-9-21(22(20)27)18-26-15-11-25(19-26)12-16-28(17-13-25)23(29)30-24(2,3)4;1-22(2,3)28-21(27)26-14-10-23(11-15-26)9-13-25(17-23)16-19-7-4-6-18-8-5-12-24-20(18)19;1-2-3/h6,8-9H,5,7,10-19H2,1-4H3;4,6-7,24H,5,8-17H2,1-3H3;2H,1H3. The minimum Gasteiger partial charge on any atom is -0.444 e. The van der Waals surface area contributed by atoms with Gasteiger partial charge >= 0.3 is 12.2 Å². The van der Waals surface area contributed by atoms with Gasteiger partial charge in [-0.15, -0.1) is 0 Å². The highest BCUT2D eigenvalue weighted by molar-refractivity contribution is 5.69. The Balaban J connectivity index is 0.000000192. The first-order valence-corrected chi connectivity index (χ1v) is 23.5. The van der Waals surface area contributed by atoms with Gasteiger partial charge in [-0.2, -0.15) is 0 Å². The van der Waals surface area contributed by atoms with Crippen molar-refractivity contribution in [1.82, 2.24) is 19.6 Å². The van der Waals surface area contributed by atoms with E-state index in [1.54, 1.807) is 0 Å². The van der Waals surface area contributed by atoms with E-state index in [1.165, 1.54) is 92.2 Å². The van der Waals surface area contributed by atoms with Crippen LogP contribution in [0.3, 0.4) is 0 Å².